The van der Waals surface area contributed by atoms with Crippen molar-refractivity contribution in [2.75, 3.05) is 13.2 Å². The lowest BCUT2D eigenvalue weighted by Crippen LogP contribution is -2.28. The molecule has 1 atom stereocenters. The predicted molar refractivity (Wildman–Crippen MR) is 38.3 cm³/mol. The monoisotopic (exact) mass is 136 g/mol. The molecule has 2 nitrogen and oxygen atoms in total. The molecule has 1 fully saturated rings. The number of nitrogens with zero attached hydrogens (tertiary/aromatic N) is 1. The Morgan fingerprint density at radius 2 is 2.60 bits per heavy atom. The lowest BCUT2D eigenvalue weighted by atomic mass is 9.92. The van der Waals surface area contributed by atoms with Gasteiger partial charge in [-0.3, -0.25) is 4.84 Å². The maximum Gasteiger partial charge on any atom is 0.0771 e. The van der Waals surface area contributed by atoms with Gasteiger partial charge < -0.3 is 0 Å². The SMILES string of the molecule is C1=CCC2CO[N]CC2=C1. The molecule has 10 heavy (non-hydrogen) atoms. The van der Waals surface area contributed by atoms with Crippen LogP contribution >= 0.6 is 0 Å². The van der Waals surface area contributed by atoms with Gasteiger partial charge in [0, 0.05) is 5.92 Å². The largest absolute Gasteiger partial charge is 0.281 e. The van der Waals surface area contributed by atoms with E-state index in [0.717, 1.165) is 19.6 Å². The van der Waals surface area contributed by atoms with Gasteiger partial charge >= 0.3 is 0 Å². The van der Waals surface area contributed by atoms with E-state index in [9.17, 15) is 0 Å². The molecule has 1 aliphatic carbocycles. The van der Waals surface area contributed by atoms with E-state index in [1.54, 1.807) is 0 Å². The molecular weight excluding hydrogens is 126 g/mol. The van der Waals surface area contributed by atoms with Gasteiger partial charge in [0.2, 0.25) is 0 Å². The van der Waals surface area contributed by atoms with Crippen molar-refractivity contribution in [2.24, 2.45) is 5.92 Å². The molecule has 2 rings (SSSR count). The van der Waals surface area contributed by atoms with Crippen molar-refractivity contribution in [3.63, 3.8) is 0 Å². The van der Waals surface area contributed by atoms with Gasteiger partial charge in [0.05, 0.1) is 13.2 Å². The third kappa shape index (κ3) is 1.00. The molecule has 1 heterocycles. The van der Waals surface area contributed by atoms with Crippen LogP contribution in [0.4, 0.5) is 0 Å². The highest BCUT2D eigenvalue weighted by Gasteiger charge is 2.19. The van der Waals surface area contributed by atoms with Gasteiger partial charge in [-0.15, -0.1) is 0 Å². The third-order valence-electron chi connectivity index (χ3n) is 2.01. The number of rotatable bonds is 0. The molecule has 0 saturated carbocycles. The number of hydrogen-bond donors (Lipinski definition) is 0. The first-order chi connectivity index (χ1) is 4.97. The Morgan fingerprint density at radius 3 is 3.50 bits per heavy atom. The highest BCUT2D eigenvalue weighted by Crippen LogP contribution is 2.22. The first kappa shape index (κ1) is 6.13. The molecule has 0 amide bonds. The molecule has 1 aliphatic heterocycles. The Balaban J connectivity index is 2.14. The van der Waals surface area contributed by atoms with Crippen molar-refractivity contribution in [2.45, 2.75) is 6.42 Å². The smallest absolute Gasteiger partial charge is 0.0771 e. The van der Waals surface area contributed by atoms with Crippen LogP contribution in [0.5, 0.6) is 0 Å². The van der Waals surface area contributed by atoms with E-state index in [4.69, 9.17) is 4.84 Å². The summed E-state index contributed by atoms with van der Waals surface area (Å²) in [5, 5.41) is 0. The Kier molecular flexibility index (Phi) is 1.57. The molecule has 0 bridgehead atoms. The van der Waals surface area contributed by atoms with E-state index >= 15 is 0 Å². The molecule has 1 saturated heterocycles. The van der Waals surface area contributed by atoms with Crippen LogP contribution in [-0.2, 0) is 4.84 Å². The second kappa shape index (κ2) is 2.56. The summed E-state index contributed by atoms with van der Waals surface area (Å²) in [6.07, 6.45) is 7.57. The molecule has 0 aromatic heterocycles. The average molecular weight is 136 g/mol. The average Bonchev–Trinajstić information content (AvgIpc) is 2.05. The highest BCUT2D eigenvalue weighted by atomic mass is 16.6. The molecule has 1 unspecified atom stereocenters. The summed E-state index contributed by atoms with van der Waals surface area (Å²) in [5.41, 5.74) is 5.28. The summed E-state index contributed by atoms with van der Waals surface area (Å²) in [6.45, 7) is 1.55. The fourth-order valence-corrected chi connectivity index (χ4v) is 1.34. The summed E-state index contributed by atoms with van der Waals surface area (Å²) in [7, 11) is 0. The molecule has 2 heteroatoms. The fraction of sp³-hybridized carbons (Fsp3) is 0.500. The van der Waals surface area contributed by atoms with E-state index in [0.29, 0.717) is 5.92 Å². The maximum atomic E-state index is 4.99. The second-order valence-electron chi connectivity index (χ2n) is 2.69. The molecule has 0 aromatic carbocycles. The van der Waals surface area contributed by atoms with Crippen LogP contribution < -0.4 is 5.48 Å². The molecule has 53 valence electrons. The molecular formula is C8H10NO. The minimum atomic E-state index is 0.613. The number of fused-ring (bicyclic) bond motifs is 1. The van der Waals surface area contributed by atoms with E-state index in [-0.39, 0.29) is 0 Å². The van der Waals surface area contributed by atoms with E-state index in [1.165, 1.54) is 5.57 Å². The lowest BCUT2D eigenvalue weighted by molar-refractivity contribution is -0.00227. The number of allylic oxidation sites excluding steroid dienone is 3. The zero-order chi connectivity index (χ0) is 6.81. The van der Waals surface area contributed by atoms with Gasteiger partial charge in [0.1, 0.15) is 0 Å². The normalized spacial score (nSPS) is 31.2. The van der Waals surface area contributed by atoms with Crippen LogP contribution in [0.2, 0.25) is 0 Å². The Bertz CT molecular complexity index is 184. The number of hydrogen-bond acceptors (Lipinski definition) is 1. The van der Waals surface area contributed by atoms with Crippen molar-refractivity contribution >= 4 is 0 Å². The predicted octanol–water partition coefficient (Wildman–Crippen LogP) is 1.04. The second-order valence-corrected chi connectivity index (χ2v) is 2.69. The van der Waals surface area contributed by atoms with Gasteiger partial charge in [-0.2, -0.15) is 0 Å². The van der Waals surface area contributed by atoms with Gasteiger partial charge in [0.15, 0.2) is 0 Å². The summed E-state index contributed by atoms with van der Waals surface area (Å²) >= 11 is 0. The van der Waals surface area contributed by atoms with Gasteiger partial charge in [-0.1, -0.05) is 23.7 Å². The van der Waals surface area contributed by atoms with Crippen molar-refractivity contribution in [3.8, 4) is 0 Å². The van der Waals surface area contributed by atoms with Crippen LogP contribution in [0, 0.1) is 5.92 Å². The standard InChI is InChI=1S/C8H10NO/c1-2-4-8-6-10-9-5-7(8)3-1/h1-3,8H,4-6H2. The lowest BCUT2D eigenvalue weighted by Gasteiger charge is -2.24. The molecule has 1 radical (unpaired) electrons. The van der Waals surface area contributed by atoms with Gasteiger partial charge in [0.25, 0.3) is 0 Å². The Labute approximate surface area is 60.5 Å². The van der Waals surface area contributed by atoms with Crippen molar-refractivity contribution in [1.29, 1.82) is 0 Å². The first-order valence-electron chi connectivity index (χ1n) is 3.61. The summed E-state index contributed by atoms with van der Waals surface area (Å²) in [6, 6.07) is 0. The minimum absolute atomic E-state index is 0.613. The van der Waals surface area contributed by atoms with E-state index in [2.05, 4.69) is 23.7 Å². The van der Waals surface area contributed by atoms with Crippen LogP contribution in [-0.4, -0.2) is 13.2 Å². The first-order valence-corrected chi connectivity index (χ1v) is 3.61. The van der Waals surface area contributed by atoms with Gasteiger partial charge in [-0.05, 0) is 12.0 Å². The van der Waals surface area contributed by atoms with Crippen LogP contribution in [0.15, 0.2) is 23.8 Å². The molecule has 2 aliphatic rings. The third-order valence-corrected chi connectivity index (χ3v) is 2.01. The van der Waals surface area contributed by atoms with E-state index < -0.39 is 0 Å². The Hall–Kier alpha value is -0.600. The van der Waals surface area contributed by atoms with Crippen LogP contribution in [0.25, 0.3) is 0 Å². The summed E-state index contributed by atoms with van der Waals surface area (Å²) in [4.78, 5) is 4.99. The topological polar surface area (TPSA) is 23.3 Å². The maximum absolute atomic E-state index is 4.99. The minimum Gasteiger partial charge on any atom is -0.281 e. The zero-order valence-corrected chi connectivity index (χ0v) is 5.79. The Morgan fingerprint density at radius 1 is 1.60 bits per heavy atom. The summed E-state index contributed by atoms with van der Waals surface area (Å²) in [5.74, 6) is 0.613. The van der Waals surface area contributed by atoms with Gasteiger partial charge in [-0.25, -0.2) is 0 Å². The van der Waals surface area contributed by atoms with Crippen molar-refractivity contribution < 1.29 is 4.84 Å². The van der Waals surface area contributed by atoms with Crippen LogP contribution in [0.1, 0.15) is 6.42 Å². The zero-order valence-electron chi connectivity index (χ0n) is 5.79. The summed E-state index contributed by atoms with van der Waals surface area (Å²) < 4.78 is 0. The number of hydroxylamine groups is 1. The highest BCUT2D eigenvalue weighted by molar-refractivity contribution is 5.22. The molecule has 0 spiro atoms. The van der Waals surface area contributed by atoms with Crippen molar-refractivity contribution in [3.05, 3.63) is 23.8 Å². The van der Waals surface area contributed by atoms with E-state index in [1.807, 2.05) is 0 Å². The molecule has 0 aromatic rings. The van der Waals surface area contributed by atoms with Crippen molar-refractivity contribution in [1.82, 2.24) is 5.48 Å². The molecule has 0 N–H and O–H groups in total. The fourth-order valence-electron chi connectivity index (χ4n) is 1.34. The quantitative estimate of drug-likeness (QED) is 0.488. The van der Waals surface area contributed by atoms with Crippen LogP contribution in [0.3, 0.4) is 0 Å².